The molecule has 2 fully saturated rings. The topological polar surface area (TPSA) is 20.3 Å². The van der Waals surface area contributed by atoms with Gasteiger partial charge in [-0.2, -0.15) is 0 Å². The van der Waals surface area contributed by atoms with Gasteiger partial charge in [0, 0.05) is 18.5 Å². The van der Waals surface area contributed by atoms with Gasteiger partial charge >= 0.3 is 0 Å². The molecule has 1 amide bonds. The largest absolute Gasteiger partial charge is 0.337 e. The minimum atomic E-state index is 0.191. The zero-order valence-corrected chi connectivity index (χ0v) is 8.13. The van der Waals surface area contributed by atoms with Crippen LogP contribution < -0.4 is 0 Å². The van der Waals surface area contributed by atoms with Gasteiger partial charge in [0.1, 0.15) is 0 Å². The second-order valence-electron chi connectivity index (χ2n) is 4.78. The summed E-state index contributed by atoms with van der Waals surface area (Å²) in [4.78, 5) is 13.6. The molecule has 12 heavy (non-hydrogen) atoms. The van der Waals surface area contributed by atoms with Crippen LogP contribution in [0.2, 0.25) is 0 Å². The van der Waals surface area contributed by atoms with Gasteiger partial charge < -0.3 is 4.90 Å². The van der Waals surface area contributed by atoms with E-state index >= 15 is 0 Å². The first-order chi connectivity index (χ1) is 5.54. The van der Waals surface area contributed by atoms with Gasteiger partial charge in [0.15, 0.2) is 0 Å². The Kier molecular flexibility index (Phi) is 1.51. The zero-order valence-electron chi connectivity index (χ0n) is 8.13. The summed E-state index contributed by atoms with van der Waals surface area (Å²) >= 11 is 0. The molecule has 2 rings (SSSR count). The molecule has 1 unspecified atom stereocenters. The number of rotatable bonds is 0. The molecule has 0 spiro atoms. The van der Waals surface area contributed by atoms with Crippen LogP contribution in [0.3, 0.4) is 0 Å². The van der Waals surface area contributed by atoms with E-state index in [0.29, 0.717) is 17.7 Å². The van der Waals surface area contributed by atoms with Gasteiger partial charge in [0.2, 0.25) is 5.91 Å². The lowest BCUT2D eigenvalue weighted by Crippen LogP contribution is -2.40. The molecule has 2 heteroatoms. The highest BCUT2D eigenvalue weighted by Crippen LogP contribution is 2.45. The van der Waals surface area contributed by atoms with Crippen molar-refractivity contribution in [3.8, 4) is 0 Å². The van der Waals surface area contributed by atoms with Crippen LogP contribution in [0.15, 0.2) is 0 Å². The van der Waals surface area contributed by atoms with Crippen molar-refractivity contribution in [3.05, 3.63) is 0 Å². The van der Waals surface area contributed by atoms with Gasteiger partial charge in [-0.25, -0.2) is 0 Å². The van der Waals surface area contributed by atoms with Gasteiger partial charge in [0.25, 0.3) is 0 Å². The maximum Gasteiger partial charge on any atom is 0.223 e. The maximum atomic E-state index is 11.5. The molecule has 2 saturated heterocycles. The lowest BCUT2D eigenvalue weighted by atomic mass is 9.84. The zero-order chi connectivity index (χ0) is 8.93. The SMILES string of the molecule is CC1CN2C(=O)C[C@@H](C)[C@@]2(C)C1. The van der Waals surface area contributed by atoms with Crippen LogP contribution in [0, 0.1) is 11.8 Å². The quantitative estimate of drug-likeness (QED) is 0.537. The Morgan fingerprint density at radius 2 is 2.17 bits per heavy atom. The molecule has 2 heterocycles. The molecule has 0 N–H and O–H groups in total. The molecular formula is C10H17NO. The van der Waals surface area contributed by atoms with E-state index in [1.54, 1.807) is 0 Å². The van der Waals surface area contributed by atoms with Gasteiger partial charge in [-0.15, -0.1) is 0 Å². The number of carbonyl (C=O) groups excluding carboxylic acids is 1. The molecular weight excluding hydrogens is 150 g/mol. The average molecular weight is 167 g/mol. The first kappa shape index (κ1) is 8.09. The number of fused-ring (bicyclic) bond motifs is 1. The predicted molar refractivity (Wildman–Crippen MR) is 47.7 cm³/mol. The van der Waals surface area contributed by atoms with Crippen LogP contribution in [0.4, 0.5) is 0 Å². The minimum absolute atomic E-state index is 0.191. The van der Waals surface area contributed by atoms with Gasteiger partial charge in [-0.05, 0) is 25.2 Å². The fraction of sp³-hybridized carbons (Fsp3) is 0.900. The Bertz CT molecular complexity index is 226. The second kappa shape index (κ2) is 2.24. The summed E-state index contributed by atoms with van der Waals surface area (Å²) in [5.41, 5.74) is 0.191. The van der Waals surface area contributed by atoms with Gasteiger partial charge in [-0.1, -0.05) is 13.8 Å². The normalized spacial score (nSPS) is 46.9. The molecule has 0 saturated carbocycles. The molecule has 0 aromatic rings. The van der Waals surface area contributed by atoms with E-state index in [9.17, 15) is 4.79 Å². The third kappa shape index (κ3) is 0.838. The second-order valence-corrected chi connectivity index (χ2v) is 4.78. The summed E-state index contributed by atoms with van der Waals surface area (Å²) in [5.74, 6) is 1.62. The van der Waals surface area contributed by atoms with Gasteiger partial charge in [-0.3, -0.25) is 4.79 Å². The number of carbonyl (C=O) groups is 1. The monoisotopic (exact) mass is 167 g/mol. The summed E-state index contributed by atoms with van der Waals surface area (Å²) < 4.78 is 0. The van der Waals surface area contributed by atoms with E-state index in [-0.39, 0.29) is 5.54 Å². The van der Waals surface area contributed by atoms with Crippen LogP contribution in [0.1, 0.15) is 33.6 Å². The molecule has 0 aromatic carbocycles. The molecule has 0 aliphatic carbocycles. The van der Waals surface area contributed by atoms with Crippen LogP contribution in [0.5, 0.6) is 0 Å². The van der Waals surface area contributed by atoms with E-state index < -0.39 is 0 Å². The van der Waals surface area contributed by atoms with E-state index in [2.05, 4.69) is 25.7 Å². The third-order valence-electron chi connectivity index (χ3n) is 3.72. The molecule has 0 aromatic heterocycles. The van der Waals surface area contributed by atoms with E-state index in [0.717, 1.165) is 13.0 Å². The fourth-order valence-corrected chi connectivity index (χ4v) is 2.85. The summed E-state index contributed by atoms with van der Waals surface area (Å²) in [6.07, 6.45) is 1.96. The van der Waals surface area contributed by atoms with E-state index in [4.69, 9.17) is 0 Å². The summed E-state index contributed by atoms with van der Waals surface area (Å²) in [6.45, 7) is 7.67. The summed E-state index contributed by atoms with van der Waals surface area (Å²) in [7, 11) is 0. The molecule has 68 valence electrons. The number of hydrogen-bond donors (Lipinski definition) is 0. The first-order valence-electron chi connectivity index (χ1n) is 4.84. The van der Waals surface area contributed by atoms with Crippen molar-refractivity contribution in [2.75, 3.05) is 6.54 Å². The molecule has 2 aliphatic heterocycles. The highest BCUT2D eigenvalue weighted by molar-refractivity contribution is 5.80. The molecule has 0 radical (unpaired) electrons. The lowest BCUT2D eigenvalue weighted by molar-refractivity contribution is -0.129. The van der Waals surface area contributed by atoms with Crippen LogP contribution >= 0.6 is 0 Å². The smallest absolute Gasteiger partial charge is 0.223 e. The first-order valence-corrected chi connectivity index (χ1v) is 4.84. The van der Waals surface area contributed by atoms with Crippen LogP contribution in [-0.4, -0.2) is 22.9 Å². The van der Waals surface area contributed by atoms with Crippen LogP contribution in [-0.2, 0) is 4.79 Å². The van der Waals surface area contributed by atoms with Crippen molar-refractivity contribution in [2.45, 2.75) is 39.2 Å². The van der Waals surface area contributed by atoms with Crippen molar-refractivity contribution < 1.29 is 4.79 Å². The summed E-state index contributed by atoms with van der Waals surface area (Å²) in [6, 6.07) is 0. The minimum Gasteiger partial charge on any atom is -0.337 e. The average Bonchev–Trinajstić information content (AvgIpc) is 2.34. The fourth-order valence-electron chi connectivity index (χ4n) is 2.85. The highest BCUT2D eigenvalue weighted by atomic mass is 16.2. The lowest BCUT2D eigenvalue weighted by Gasteiger charge is -2.31. The molecule has 2 aliphatic rings. The number of hydrogen-bond acceptors (Lipinski definition) is 1. The van der Waals surface area contributed by atoms with Crippen LogP contribution in [0.25, 0.3) is 0 Å². The van der Waals surface area contributed by atoms with Crippen molar-refractivity contribution in [1.82, 2.24) is 4.90 Å². The molecule has 0 bridgehead atoms. The standard InChI is InChI=1S/C10H17NO/c1-7-5-10(3)8(2)4-9(12)11(10)6-7/h7-8H,4-6H2,1-3H3/t7?,8-,10-/m1/s1. The third-order valence-corrected chi connectivity index (χ3v) is 3.72. The highest BCUT2D eigenvalue weighted by Gasteiger charge is 2.51. The summed E-state index contributed by atoms with van der Waals surface area (Å²) in [5, 5.41) is 0. The number of amides is 1. The maximum absolute atomic E-state index is 11.5. The van der Waals surface area contributed by atoms with Gasteiger partial charge in [0.05, 0.1) is 0 Å². The Labute approximate surface area is 73.9 Å². The van der Waals surface area contributed by atoms with E-state index in [1.807, 2.05) is 0 Å². The van der Waals surface area contributed by atoms with Crippen molar-refractivity contribution in [3.63, 3.8) is 0 Å². The van der Waals surface area contributed by atoms with Crippen molar-refractivity contribution in [1.29, 1.82) is 0 Å². The Morgan fingerprint density at radius 3 is 2.75 bits per heavy atom. The molecule has 3 atom stereocenters. The number of nitrogens with zero attached hydrogens (tertiary/aromatic N) is 1. The Morgan fingerprint density at radius 1 is 1.50 bits per heavy atom. The predicted octanol–water partition coefficient (Wildman–Crippen LogP) is 1.65. The van der Waals surface area contributed by atoms with E-state index in [1.165, 1.54) is 6.42 Å². The van der Waals surface area contributed by atoms with Crippen molar-refractivity contribution >= 4 is 5.91 Å². The van der Waals surface area contributed by atoms with Crippen molar-refractivity contribution in [2.24, 2.45) is 11.8 Å². The Hall–Kier alpha value is -0.530. The molecule has 2 nitrogen and oxygen atoms in total. The Balaban J connectivity index is 2.30.